The largest absolute Gasteiger partial charge is 0.600 e. The van der Waals surface area contributed by atoms with Crippen LogP contribution in [0.4, 0.5) is 0 Å². The molecule has 2 rings (SSSR count). The van der Waals surface area contributed by atoms with Crippen molar-refractivity contribution in [3.63, 3.8) is 0 Å². The highest BCUT2D eigenvalue weighted by atomic mass is 16.7. The summed E-state index contributed by atoms with van der Waals surface area (Å²) in [5.41, 5.74) is 0. The SMILES string of the molecule is C/[N+]([O-])=N/COC1O[C@H](CO[C@@H]2OC[C@@H](O)[C@H](O)[C@H]2O)[C@@H](O)[C@H](O)[C@H]1O. The van der Waals surface area contributed by atoms with Gasteiger partial charge in [0.05, 0.1) is 13.2 Å². The summed E-state index contributed by atoms with van der Waals surface area (Å²) >= 11 is 0. The van der Waals surface area contributed by atoms with Gasteiger partial charge in [-0.15, -0.1) is 0 Å². The Morgan fingerprint density at radius 2 is 1.62 bits per heavy atom. The van der Waals surface area contributed by atoms with Crippen molar-refractivity contribution < 1.29 is 54.4 Å². The monoisotopic (exact) mass is 384 g/mol. The number of hydrogen-bond acceptors (Lipinski definition) is 12. The molecule has 2 aliphatic heterocycles. The minimum Gasteiger partial charge on any atom is -0.600 e. The van der Waals surface area contributed by atoms with E-state index in [-0.39, 0.29) is 11.5 Å². The molecule has 0 spiro atoms. The zero-order valence-corrected chi connectivity index (χ0v) is 13.9. The number of aliphatic hydroxyl groups excluding tert-OH is 6. The molecule has 0 aromatic rings. The fraction of sp³-hybridized carbons (Fsp3) is 1.00. The fourth-order valence-corrected chi connectivity index (χ4v) is 2.50. The molecule has 0 aromatic heterocycles. The first kappa shape index (κ1) is 21.3. The summed E-state index contributed by atoms with van der Waals surface area (Å²) in [6, 6.07) is 0. The maximum absolute atomic E-state index is 10.7. The van der Waals surface area contributed by atoms with E-state index in [2.05, 4.69) is 5.11 Å². The maximum Gasteiger partial charge on any atom is 0.203 e. The lowest BCUT2D eigenvalue weighted by Crippen LogP contribution is -2.60. The van der Waals surface area contributed by atoms with Crippen molar-refractivity contribution >= 4 is 0 Å². The molecule has 2 aliphatic rings. The average molecular weight is 384 g/mol. The number of ether oxygens (including phenoxy) is 4. The van der Waals surface area contributed by atoms with Gasteiger partial charge in [0.1, 0.15) is 42.7 Å². The van der Waals surface area contributed by atoms with Crippen LogP contribution in [0.1, 0.15) is 0 Å². The lowest BCUT2D eigenvalue weighted by Gasteiger charge is -2.41. The van der Waals surface area contributed by atoms with Crippen molar-refractivity contribution in [1.29, 1.82) is 0 Å². The van der Waals surface area contributed by atoms with E-state index >= 15 is 0 Å². The van der Waals surface area contributed by atoms with Crippen molar-refractivity contribution in [1.82, 2.24) is 0 Å². The van der Waals surface area contributed by atoms with Gasteiger partial charge in [-0.05, 0) is 5.11 Å². The molecular weight excluding hydrogens is 360 g/mol. The highest BCUT2D eigenvalue weighted by molar-refractivity contribution is 4.90. The summed E-state index contributed by atoms with van der Waals surface area (Å²) in [6.07, 6.45) is -12.9. The summed E-state index contributed by atoms with van der Waals surface area (Å²) in [5, 5.41) is 72.5. The molecule has 152 valence electrons. The molecule has 0 aromatic carbocycles. The Hall–Kier alpha value is -1.00. The summed E-state index contributed by atoms with van der Waals surface area (Å²) in [4.78, 5) is 0.239. The van der Waals surface area contributed by atoms with E-state index in [1.807, 2.05) is 0 Å². The van der Waals surface area contributed by atoms with Crippen LogP contribution in [0.2, 0.25) is 0 Å². The number of nitrogens with zero attached hydrogens (tertiary/aromatic N) is 2. The topological polar surface area (TPSA) is 197 Å². The van der Waals surface area contributed by atoms with Gasteiger partial charge in [-0.2, -0.15) is 0 Å². The summed E-state index contributed by atoms with van der Waals surface area (Å²) in [6.45, 7) is -1.12. The molecule has 6 N–H and O–H groups in total. The van der Waals surface area contributed by atoms with Gasteiger partial charge >= 0.3 is 0 Å². The molecule has 2 heterocycles. The smallest absolute Gasteiger partial charge is 0.203 e. The second-order valence-corrected chi connectivity index (χ2v) is 6.00. The van der Waals surface area contributed by atoms with Crippen molar-refractivity contribution in [2.75, 3.05) is 27.0 Å². The molecule has 9 atom stereocenters. The van der Waals surface area contributed by atoms with E-state index < -0.39 is 68.6 Å². The highest BCUT2D eigenvalue weighted by Crippen LogP contribution is 2.24. The third kappa shape index (κ3) is 5.04. The lowest BCUT2D eigenvalue weighted by atomic mass is 9.99. The first-order chi connectivity index (χ1) is 12.2. The Labute approximate surface area is 148 Å². The van der Waals surface area contributed by atoms with Gasteiger partial charge in [0, 0.05) is 0 Å². The van der Waals surface area contributed by atoms with Crippen molar-refractivity contribution in [3.05, 3.63) is 5.21 Å². The standard InChI is InChI=1S/C13H24N2O11/c1-15(22)14-4-25-13-11(21)9(19)8(18)6(26-13)3-24-12-10(20)7(17)5(16)2-23-12/h5-13,16-21H,2-4H2,1H3/b15-14-/t5-,6-,7+,8-,9+,10-,11-,12+,13?/m1/s1. The summed E-state index contributed by atoms with van der Waals surface area (Å²) in [5.74, 6) is 0. The van der Waals surface area contributed by atoms with Crippen LogP contribution < -0.4 is 0 Å². The average Bonchev–Trinajstić information content (AvgIpc) is 2.60. The Balaban J connectivity index is 1.91. The van der Waals surface area contributed by atoms with E-state index in [0.29, 0.717) is 0 Å². The fourth-order valence-electron chi connectivity index (χ4n) is 2.50. The first-order valence-electron chi connectivity index (χ1n) is 7.89. The molecule has 0 amide bonds. The Morgan fingerprint density at radius 3 is 2.27 bits per heavy atom. The van der Waals surface area contributed by atoms with Crippen LogP contribution in [-0.4, -0.2) is 118 Å². The molecule has 0 bridgehead atoms. The predicted molar refractivity (Wildman–Crippen MR) is 78.3 cm³/mol. The number of aliphatic hydroxyl groups is 6. The van der Waals surface area contributed by atoms with Gasteiger partial charge in [0.15, 0.2) is 19.6 Å². The van der Waals surface area contributed by atoms with Gasteiger partial charge < -0.3 is 54.8 Å². The quantitative estimate of drug-likeness (QED) is 0.148. The molecule has 0 radical (unpaired) electrons. The number of hydrogen-bond donors (Lipinski definition) is 6. The van der Waals surface area contributed by atoms with Gasteiger partial charge in [-0.1, -0.05) is 4.86 Å². The van der Waals surface area contributed by atoms with Gasteiger partial charge in [0.25, 0.3) is 0 Å². The Morgan fingerprint density at radius 1 is 0.962 bits per heavy atom. The molecule has 0 saturated carbocycles. The molecular formula is C13H24N2O11. The first-order valence-corrected chi connectivity index (χ1v) is 7.89. The van der Waals surface area contributed by atoms with Crippen LogP contribution in [0.5, 0.6) is 0 Å². The maximum atomic E-state index is 10.7. The molecule has 2 fully saturated rings. The van der Waals surface area contributed by atoms with E-state index in [0.717, 1.165) is 7.05 Å². The minimum absolute atomic E-state index is 0.239. The number of azo groups is 1. The minimum atomic E-state index is -1.63. The Kier molecular flexibility index (Phi) is 7.60. The van der Waals surface area contributed by atoms with E-state index in [4.69, 9.17) is 18.9 Å². The molecule has 13 heteroatoms. The summed E-state index contributed by atoms with van der Waals surface area (Å²) < 4.78 is 20.6. The zero-order chi connectivity index (χ0) is 19.4. The molecule has 0 aliphatic carbocycles. The number of hydroxylamine groups is 1. The highest BCUT2D eigenvalue weighted by Gasteiger charge is 2.45. The van der Waals surface area contributed by atoms with Gasteiger partial charge in [-0.25, -0.2) is 0 Å². The molecule has 2 saturated heterocycles. The second-order valence-electron chi connectivity index (χ2n) is 6.00. The van der Waals surface area contributed by atoms with E-state index in [9.17, 15) is 35.8 Å². The van der Waals surface area contributed by atoms with Crippen LogP contribution in [0.3, 0.4) is 0 Å². The van der Waals surface area contributed by atoms with Crippen LogP contribution >= 0.6 is 0 Å². The van der Waals surface area contributed by atoms with Crippen LogP contribution in [-0.2, 0) is 18.9 Å². The zero-order valence-electron chi connectivity index (χ0n) is 13.9. The van der Waals surface area contributed by atoms with Crippen molar-refractivity contribution in [2.24, 2.45) is 5.11 Å². The number of rotatable bonds is 6. The van der Waals surface area contributed by atoms with Crippen LogP contribution in [0.25, 0.3) is 0 Å². The van der Waals surface area contributed by atoms with Crippen LogP contribution in [0, 0.1) is 5.21 Å². The third-order valence-corrected chi connectivity index (χ3v) is 4.04. The predicted octanol–water partition coefficient (Wildman–Crippen LogP) is -4.18. The van der Waals surface area contributed by atoms with Crippen molar-refractivity contribution in [2.45, 2.75) is 55.3 Å². The third-order valence-electron chi connectivity index (χ3n) is 4.04. The normalized spacial score (nSPS) is 44.9. The van der Waals surface area contributed by atoms with Gasteiger partial charge in [0.2, 0.25) is 6.73 Å². The second kappa shape index (κ2) is 9.27. The summed E-state index contributed by atoms with van der Waals surface area (Å²) in [7, 11) is 1.12. The van der Waals surface area contributed by atoms with Crippen molar-refractivity contribution in [3.8, 4) is 0 Å². The van der Waals surface area contributed by atoms with Gasteiger partial charge in [-0.3, -0.25) is 0 Å². The molecule has 26 heavy (non-hydrogen) atoms. The molecule has 13 nitrogen and oxygen atoms in total. The van der Waals surface area contributed by atoms with Crippen LogP contribution in [0.15, 0.2) is 5.11 Å². The Bertz CT molecular complexity index is 477. The molecule has 1 unspecified atom stereocenters. The van der Waals surface area contributed by atoms with E-state index in [1.165, 1.54) is 0 Å². The lowest BCUT2D eigenvalue weighted by molar-refractivity contribution is -0.505. The van der Waals surface area contributed by atoms with E-state index in [1.54, 1.807) is 0 Å².